The highest BCUT2D eigenvalue weighted by Gasteiger charge is 2.46. The molecule has 114 valence electrons. The minimum Gasteiger partial charge on any atom is -0.388 e. The first-order valence-corrected chi connectivity index (χ1v) is 8.35. The maximum absolute atomic E-state index is 11.1. The highest BCUT2D eigenvalue weighted by Crippen LogP contribution is 2.53. The van der Waals surface area contributed by atoms with Crippen molar-refractivity contribution < 1.29 is 5.11 Å². The third-order valence-electron chi connectivity index (χ3n) is 5.46. The van der Waals surface area contributed by atoms with Gasteiger partial charge >= 0.3 is 0 Å². The molecule has 1 N–H and O–H groups in total. The minimum absolute atomic E-state index is 0.155. The van der Waals surface area contributed by atoms with Crippen LogP contribution in [0.25, 0.3) is 0 Å². The lowest BCUT2D eigenvalue weighted by molar-refractivity contribution is 0.0684. The number of benzene rings is 2. The highest BCUT2D eigenvalue weighted by molar-refractivity contribution is 5.50. The quantitative estimate of drug-likeness (QED) is 0.904. The van der Waals surface area contributed by atoms with Gasteiger partial charge in [0.1, 0.15) is 0 Å². The molecule has 2 aromatic carbocycles. The summed E-state index contributed by atoms with van der Waals surface area (Å²) in [5.74, 6) is 0.155. The number of aliphatic hydroxyl groups is 1. The largest absolute Gasteiger partial charge is 0.388 e. The van der Waals surface area contributed by atoms with E-state index in [1.807, 2.05) is 6.07 Å². The van der Waals surface area contributed by atoms with Gasteiger partial charge in [0.05, 0.1) is 12.1 Å². The van der Waals surface area contributed by atoms with Crippen molar-refractivity contribution in [3.63, 3.8) is 0 Å². The van der Waals surface area contributed by atoms with E-state index >= 15 is 0 Å². The third-order valence-corrected chi connectivity index (χ3v) is 5.46. The van der Waals surface area contributed by atoms with E-state index in [0.717, 1.165) is 18.5 Å². The van der Waals surface area contributed by atoms with Gasteiger partial charge in [-0.15, -0.1) is 0 Å². The molecule has 0 unspecified atom stereocenters. The van der Waals surface area contributed by atoms with E-state index in [1.54, 1.807) is 0 Å². The van der Waals surface area contributed by atoms with Crippen LogP contribution in [0.1, 0.15) is 60.6 Å². The molecule has 2 nitrogen and oxygen atoms in total. The first kappa shape index (κ1) is 14.0. The van der Waals surface area contributed by atoms with Gasteiger partial charge in [0.25, 0.3) is 0 Å². The number of nitrogens with zero attached hydrogens (tertiary/aromatic N) is 1. The maximum atomic E-state index is 11.1. The Hall–Kier alpha value is -1.64. The third kappa shape index (κ3) is 1.81. The summed E-state index contributed by atoms with van der Waals surface area (Å²) in [5.41, 5.74) is 5.10. The SMILES string of the molecule is CCCN1[C@H]2c3ccccc3[C@@H]([C@H]1C)[C@@H](O)c1ccccc12. The molecule has 2 heteroatoms. The number of hydrogen-bond donors (Lipinski definition) is 1. The highest BCUT2D eigenvalue weighted by atomic mass is 16.3. The van der Waals surface area contributed by atoms with Crippen molar-refractivity contribution in [2.45, 2.75) is 44.4 Å². The van der Waals surface area contributed by atoms with Crippen molar-refractivity contribution in [2.75, 3.05) is 6.54 Å². The molecule has 3 aliphatic rings. The van der Waals surface area contributed by atoms with E-state index in [1.165, 1.54) is 16.7 Å². The van der Waals surface area contributed by atoms with Crippen molar-refractivity contribution in [3.8, 4) is 0 Å². The molecule has 0 radical (unpaired) electrons. The zero-order chi connectivity index (χ0) is 15.3. The summed E-state index contributed by atoms with van der Waals surface area (Å²) in [6.07, 6.45) is 0.716. The van der Waals surface area contributed by atoms with Crippen LogP contribution in [-0.2, 0) is 0 Å². The van der Waals surface area contributed by atoms with E-state index in [4.69, 9.17) is 0 Å². The second-order valence-electron chi connectivity index (χ2n) is 6.61. The normalized spacial score (nSPS) is 29.8. The van der Waals surface area contributed by atoms with Crippen molar-refractivity contribution >= 4 is 0 Å². The summed E-state index contributed by atoms with van der Waals surface area (Å²) >= 11 is 0. The number of rotatable bonds is 2. The van der Waals surface area contributed by atoms with E-state index in [0.29, 0.717) is 6.04 Å². The Morgan fingerprint density at radius 3 is 2.09 bits per heavy atom. The predicted octanol–water partition coefficient (Wildman–Crippen LogP) is 4.02. The van der Waals surface area contributed by atoms with Crippen LogP contribution in [0.15, 0.2) is 48.5 Å². The number of aliphatic hydroxyl groups excluding tert-OH is 1. The van der Waals surface area contributed by atoms with Crippen molar-refractivity contribution in [1.82, 2.24) is 4.90 Å². The van der Waals surface area contributed by atoms with Crippen LogP contribution >= 0.6 is 0 Å². The average Bonchev–Trinajstić information content (AvgIpc) is 2.71. The lowest BCUT2D eigenvalue weighted by atomic mass is 9.79. The molecule has 0 amide bonds. The van der Waals surface area contributed by atoms with Gasteiger partial charge in [0.15, 0.2) is 0 Å². The van der Waals surface area contributed by atoms with Crippen molar-refractivity contribution in [3.05, 3.63) is 70.8 Å². The van der Waals surface area contributed by atoms with E-state index in [9.17, 15) is 5.11 Å². The van der Waals surface area contributed by atoms with Gasteiger partial charge < -0.3 is 5.11 Å². The first-order valence-electron chi connectivity index (χ1n) is 8.35. The smallest absolute Gasteiger partial charge is 0.0876 e. The van der Waals surface area contributed by atoms with E-state index in [2.05, 4.69) is 61.2 Å². The van der Waals surface area contributed by atoms with Crippen LogP contribution in [0, 0.1) is 0 Å². The van der Waals surface area contributed by atoms with Crippen LogP contribution in [-0.4, -0.2) is 22.6 Å². The van der Waals surface area contributed by atoms with Crippen LogP contribution in [0.5, 0.6) is 0 Å². The number of hydrogen-bond acceptors (Lipinski definition) is 2. The van der Waals surface area contributed by atoms with Crippen molar-refractivity contribution in [2.24, 2.45) is 0 Å². The Morgan fingerprint density at radius 1 is 0.909 bits per heavy atom. The summed E-state index contributed by atoms with van der Waals surface area (Å²) in [7, 11) is 0. The van der Waals surface area contributed by atoms with Crippen LogP contribution < -0.4 is 0 Å². The average molecular weight is 293 g/mol. The molecule has 2 heterocycles. The Kier molecular flexibility index (Phi) is 3.32. The molecule has 2 aliphatic heterocycles. The van der Waals surface area contributed by atoms with Gasteiger partial charge in [-0.1, -0.05) is 55.5 Å². The Balaban J connectivity index is 2.01. The summed E-state index contributed by atoms with van der Waals surface area (Å²) < 4.78 is 0. The van der Waals surface area contributed by atoms with Gasteiger partial charge in [-0.2, -0.15) is 0 Å². The molecule has 0 saturated heterocycles. The zero-order valence-corrected chi connectivity index (χ0v) is 13.2. The molecule has 1 aliphatic carbocycles. The van der Waals surface area contributed by atoms with Gasteiger partial charge in [0, 0.05) is 12.0 Å². The fourth-order valence-corrected chi connectivity index (χ4v) is 4.54. The van der Waals surface area contributed by atoms with E-state index < -0.39 is 6.10 Å². The second-order valence-corrected chi connectivity index (χ2v) is 6.61. The van der Waals surface area contributed by atoms with Gasteiger partial charge in [-0.25, -0.2) is 0 Å². The molecule has 22 heavy (non-hydrogen) atoms. The summed E-state index contributed by atoms with van der Waals surface area (Å²) in [5, 5.41) is 11.1. The molecule has 0 spiro atoms. The predicted molar refractivity (Wildman–Crippen MR) is 88.9 cm³/mol. The monoisotopic (exact) mass is 293 g/mol. The van der Waals surface area contributed by atoms with Gasteiger partial charge in [0.2, 0.25) is 0 Å². The molecular formula is C20H23NO. The lowest BCUT2D eigenvalue weighted by Crippen LogP contribution is -2.44. The van der Waals surface area contributed by atoms with Crippen LogP contribution in [0.4, 0.5) is 0 Å². The standard InChI is InChI=1S/C20H23NO/c1-3-12-21-13(2)18-14-8-4-5-9-15(14)19(21)16-10-6-7-11-17(16)20(18)22/h4-11,13,18-20,22H,3,12H2,1-2H3/t13-,18-,19+,20+/m1/s1. The molecule has 2 bridgehead atoms. The molecule has 2 aromatic rings. The topological polar surface area (TPSA) is 23.5 Å². The fourth-order valence-electron chi connectivity index (χ4n) is 4.54. The minimum atomic E-state index is -0.417. The van der Waals surface area contributed by atoms with Crippen LogP contribution in [0.2, 0.25) is 0 Å². The van der Waals surface area contributed by atoms with Gasteiger partial charge in [-0.05, 0) is 42.1 Å². The zero-order valence-electron chi connectivity index (χ0n) is 13.2. The maximum Gasteiger partial charge on any atom is 0.0876 e. The lowest BCUT2D eigenvalue weighted by Gasteiger charge is -2.44. The first-order chi connectivity index (χ1) is 10.7. The Morgan fingerprint density at radius 2 is 1.45 bits per heavy atom. The molecule has 0 fully saturated rings. The Bertz CT molecular complexity index is 696. The van der Waals surface area contributed by atoms with Gasteiger partial charge in [-0.3, -0.25) is 4.90 Å². The van der Waals surface area contributed by atoms with Crippen LogP contribution in [0.3, 0.4) is 0 Å². The fraction of sp³-hybridized carbons (Fsp3) is 0.400. The Labute approximate surface area is 132 Å². The van der Waals surface area contributed by atoms with E-state index in [-0.39, 0.29) is 12.0 Å². The summed E-state index contributed by atoms with van der Waals surface area (Å²) in [6.45, 7) is 5.58. The molecular weight excluding hydrogens is 270 g/mol. The summed E-state index contributed by atoms with van der Waals surface area (Å²) in [4.78, 5) is 2.59. The molecule has 0 aromatic heterocycles. The second kappa shape index (κ2) is 5.22. The van der Waals surface area contributed by atoms with Crippen molar-refractivity contribution in [1.29, 1.82) is 0 Å². The molecule has 5 rings (SSSR count). The summed E-state index contributed by atoms with van der Waals surface area (Å²) in [6, 6.07) is 17.8. The number of fused-ring (bicyclic) bond motifs is 1. The molecule has 4 atom stereocenters. The molecule has 0 saturated carbocycles.